The van der Waals surface area contributed by atoms with Crippen molar-refractivity contribution in [3.63, 3.8) is 0 Å². The quantitative estimate of drug-likeness (QED) is 0.562. The third kappa shape index (κ3) is 4.30. The Morgan fingerprint density at radius 1 is 1.04 bits per heavy atom. The molecular formula is C19H27O4PSi. The van der Waals surface area contributed by atoms with E-state index in [0.717, 1.165) is 16.3 Å². The Morgan fingerprint density at radius 2 is 1.64 bits per heavy atom. The minimum Gasteiger partial charge on any atom is -0.629 e. The van der Waals surface area contributed by atoms with Gasteiger partial charge in [-0.3, -0.25) is 0 Å². The van der Waals surface area contributed by atoms with Gasteiger partial charge in [0.25, 0.3) is 7.94 Å². The molecule has 136 valence electrons. The first-order valence-electron chi connectivity index (χ1n) is 8.64. The van der Waals surface area contributed by atoms with Crippen LogP contribution in [0.15, 0.2) is 42.5 Å². The van der Waals surface area contributed by atoms with Crippen LogP contribution < -0.4 is 4.89 Å². The lowest BCUT2D eigenvalue weighted by atomic mass is 9.97. The predicted octanol–water partition coefficient (Wildman–Crippen LogP) is 4.89. The number of hydrogen-bond acceptors (Lipinski definition) is 4. The van der Waals surface area contributed by atoms with Crippen LogP contribution in [0.25, 0.3) is 10.8 Å². The smallest absolute Gasteiger partial charge is 0.271 e. The maximum absolute atomic E-state index is 13.6. The molecule has 0 spiro atoms. The third-order valence-electron chi connectivity index (χ3n) is 4.11. The molecular weight excluding hydrogens is 351 g/mol. The molecule has 0 aromatic heterocycles. The van der Waals surface area contributed by atoms with Crippen molar-refractivity contribution in [1.29, 1.82) is 0 Å². The minimum absolute atomic E-state index is 0.142. The fourth-order valence-electron chi connectivity index (χ4n) is 2.84. The number of fused-ring (bicyclic) bond motifs is 1. The van der Waals surface area contributed by atoms with Crippen LogP contribution in [-0.2, 0) is 13.5 Å². The Morgan fingerprint density at radius 3 is 2.28 bits per heavy atom. The van der Waals surface area contributed by atoms with Gasteiger partial charge in [0.1, 0.15) is 13.2 Å². The first-order chi connectivity index (χ1) is 11.6. The van der Waals surface area contributed by atoms with E-state index in [2.05, 4.69) is 19.6 Å². The van der Waals surface area contributed by atoms with Crippen molar-refractivity contribution in [3.05, 3.63) is 48.0 Å². The molecule has 25 heavy (non-hydrogen) atoms. The van der Waals surface area contributed by atoms with Crippen molar-refractivity contribution in [3.8, 4) is 0 Å². The van der Waals surface area contributed by atoms with Gasteiger partial charge >= 0.3 is 0 Å². The molecule has 4 nitrogen and oxygen atoms in total. The lowest BCUT2D eigenvalue weighted by Crippen LogP contribution is -2.40. The van der Waals surface area contributed by atoms with Gasteiger partial charge in [0.15, 0.2) is 8.32 Å². The van der Waals surface area contributed by atoms with E-state index in [0.29, 0.717) is 13.2 Å². The molecule has 1 aliphatic heterocycles. The first-order valence-corrected chi connectivity index (χ1v) is 13.7. The molecule has 2 aromatic rings. The van der Waals surface area contributed by atoms with E-state index < -0.39 is 22.1 Å². The molecule has 0 radical (unpaired) electrons. The molecule has 0 bridgehead atoms. The Balaban J connectivity index is 2.06. The standard InChI is InChI=1S/C19H27O4PSi/c1-19(2)13-21-24(20,22-14-19)18(23-25(3,4)5)17-12-8-10-15-9-6-7-11-16(15)17/h6-12,18H,13-14H2,1-5H3. The van der Waals surface area contributed by atoms with E-state index >= 15 is 0 Å². The van der Waals surface area contributed by atoms with Gasteiger partial charge < -0.3 is 9.32 Å². The summed E-state index contributed by atoms with van der Waals surface area (Å²) in [6.45, 7) is 11.2. The van der Waals surface area contributed by atoms with Crippen molar-refractivity contribution in [2.45, 2.75) is 39.3 Å². The molecule has 1 atom stereocenters. The van der Waals surface area contributed by atoms with Crippen molar-refractivity contribution in [2.75, 3.05) is 13.2 Å². The molecule has 3 rings (SSSR count). The highest BCUT2D eigenvalue weighted by molar-refractivity contribution is 7.59. The van der Waals surface area contributed by atoms with Crippen molar-refractivity contribution >= 4 is 27.0 Å². The summed E-state index contributed by atoms with van der Waals surface area (Å²) in [6, 6.07) is 14.1. The molecule has 2 aromatic carbocycles. The third-order valence-corrected chi connectivity index (χ3v) is 7.19. The van der Waals surface area contributed by atoms with Crippen molar-refractivity contribution < 1.29 is 18.4 Å². The summed E-state index contributed by atoms with van der Waals surface area (Å²) in [6.07, 6.45) is 0. The highest BCUT2D eigenvalue weighted by Crippen LogP contribution is 2.68. The van der Waals surface area contributed by atoms with Gasteiger partial charge in [-0.25, -0.2) is 9.05 Å². The SMILES string of the molecule is CC1(C)CO[P+]([O-])(C(O[Si](C)(C)C)c2cccc3ccccc23)OC1. The predicted molar refractivity (Wildman–Crippen MR) is 104 cm³/mol. The topological polar surface area (TPSA) is 50.8 Å². The van der Waals surface area contributed by atoms with E-state index in [1.807, 2.05) is 56.3 Å². The van der Waals surface area contributed by atoms with Gasteiger partial charge in [-0.15, -0.1) is 0 Å². The normalized spacial score (nSPS) is 21.2. The minimum atomic E-state index is -3.41. The van der Waals surface area contributed by atoms with Gasteiger partial charge in [-0.05, 0) is 30.4 Å². The fraction of sp³-hybridized carbons (Fsp3) is 0.474. The van der Waals surface area contributed by atoms with Crippen molar-refractivity contribution in [1.82, 2.24) is 0 Å². The van der Waals surface area contributed by atoms with Crippen molar-refractivity contribution in [2.24, 2.45) is 5.41 Å². The van der Waals surface area contributed by atoms with E-state index in [4.69, 9.17) is 13.5 Å². The van der Waals surface area contributed by atoms with Gasteiger partial charge in [-0.2, -0.15) is 0 Å². The van der Waals surface area contributed by atoms with E-state index in [-0.39, 0.29) is 5.41 Å². The Hall–Kier alpha value is -0.813. The van der Waals surface area contributed by atoms with E-state index in [9.17, 15) is 4.89 Å². The van der Waals surface area contributed by atoms with Crippen LogP contribution in [0.2, 0.25) is 19.6 Å². The van der Waals surface area contributed by atoms with Gasteiger partial charge in [0, 0.05) is 11.0 Å². The maximum atomic E-state index is 13.6. The first kappa shape index (κ1) is 19.0. The Labute approximate surface area is 151 Å². The average molecular weight is 378 g/mol. The summed E-state index contributed by atoms with van der Waals surface area (Å²) in [5.74, 6) is -0.693. The zero-order valence-electron chi connectivity index (χ0n) is 15.6. The monoisotopic (exact) mass is 378 g/mol. The highest BCUT2D eigenvalue weighted by atomic mass is 31.2. The van der Waals surface area contributed by atoms with Crippen LogP contribution >= 0.6 is 7.94 Å². The molecule has 1 heterocycles. The highest BCUT2D eigenvalue weighted by Gasteiger charge is 2.51. The average Bonchev–Trinajstić information content (AvgIpc) is 2.54. The molecule has 0 saturated carbocycles. The number of benzene rings is 2. The molecule has 0 N–H and O–H groups in total. The molecule has 1 fully saturated rings. The largest absolute Gasteiger partial charge is 0.629 e. The van der Waals surface area contributed by atoms with Gasteiger partial charge in [0.05, 0.1) is 0 Å². The van der Waals surface area contributed by atoms with Crippen LogP contribution in [-0.4, -0.2) is 21.5 Å². The summed E-state index contributed by atoms with van der Waals surface area (Å²) < 4.78 is 18.0. The second kappa shape index (κ2) is 6.73. The Kier molecular flexibility index (Phi) is 5.10. The lowest BCUT2D eigenvalue weighted by Gasteiger charge is -2.43. The summed E-state index contributed by atoms with van der Waals surface area (Å²) in [5, 5.41) is 2.12. The maximum Gasteiger partial charge on any atom is 0.271 e. The van der Waals surface area contributed by atoms with E-state index in [1.165, 1.54) is 0 Å². The van der Waals surface area contributed by atoms with E-state index in [1.54, 1.807) is 0 Å². The molecule has 0 aliphatic carbocycles. The van der Waals surface area contributed by atoms with Gasteiger partial charge in [-0.1, -0.05) is 56.3 Å². The molecule has 6 heteroatoms. The molecule has 1 aliphatic rings. The zero-order chi connectivity index (χ0) is 18.3. The summed E-state index contributed by atoms with van der Waals surface area (Å²) in [4.78, 5) is 13.6. The lowest BCUT2D eigenvalue weighted by molar-refractivity contribution is -0.242. The summed E-state index contributed by atoms with van der Waals surface area (Å²) >= 11 is 0. The number of rotatable bonds is 4. The van der Waals surface area contributed by atoms with Crippen LogP contribution in [0, 0.1) is 5.41 Å². The zero-order valence-corrected chi connectivity index (χ0v) is 17.5. The van der Waals surface area contributed by atoms with Crippen LogP contribution in [0.4, 0.5) is 0 Å². The van der Waals surface area contributed by atoms with Crippen LogP contribution in [0.5, 0.6) is 0 Å². The van der Waals surface area contributed by atoms with Crippen LogP contribution in [0.1, 0.15) is 25.3 Å². The Bertz CT molecular complexity index is 741. The molecule has 0 amide bonds. The second-order valence-electron chi connectivity index (χ2n) is 8.40. The molecule has 1 unspecified atom stereocenters. The summed E-state index contributed by atoms with van der Waals surface area (Å²) in [5.41, 5.74) is 0.736. The van der Waals surface area contributed by atoms with Crippen LogP contribution in [0.3, 0.4) is 0 Å². The number of hydrogen-bond donors (Lipinski definition) is 0. The second-order valence-corrected chi connectivity index (χ2v) is 14.9. The van der Waals surface area contributed by atoms with Gasteiger partial charge in [0.2, 0.25) is 5.85 Å². The summed E-state index contributed by atoms with van der Waals surface area (Å²) in [7, 11) is -5.40. The molecule has 1 saturated heterocycles. The fourth-order valence-corrected chi connectivity index (χ4v) is 7.07.